The Morgan fingerprint density at radius 2 is 1.19 bits per heavy atom. The van der Waals surface area contributed by atoms with Gasteiger partial charge in [-0.3, -0.25) is 0 Å². The van der Waals surface area contributed by atoms with E-state index in [1.165, 1.54) is 25.7 Å². The highest BCUT2D eigenvalue weighted by Crippen LogP contribution is 2.44. The van der Waals surface area contributed by atoms with Gasteiger partial charge in [0.15, 0.2) is 0 Å². The van der Waals surface area contributed by atoms with Crippen molar-refractivity contribution in [1.29, 1.82) is 0 Å². The third-order valence-corrected chi connectivity index (χ3v) is 3.56. The molecule has 0 N–H and O–H groups in total. The second-order valence-corrected chi connectivity index (χ2v) is 6.30. The average molecular weight is 232 g/mol. The molecule has 1 fully saturated rings. The van der Waals surface area contributed by atoms with Crippen molar-refractivity contribution in [3.05, 3.63) is 0 Å². The van der Waals surface area contributed by atoms with Crippen LogP contribution in [-0.4, -0.2) is 0 Å². The molecule has 0 atom stereocenters. The molecule has 0 radical (unpaired) electrons. The van der Waals surface area contributed by atoms with E-state index in [4.69, 9.17) is 0 Å². The van der Waals surface area contributed by atoms with Gasteiger partial charge in [-0.05, 0) is 42.4 Å². The van der Waals surface area contributed by atoms with Crippen LogP contribution in [0.25, 0.3) is 0 Å². The topological polar surface area (TPSA) is 0 Å². The van der Waals surface area contributed by atoms with Crippen LogP contribution in [0, 0.1) is 16.7 Å². The van der Waals surface area contributed by atoms with Crippen molar-refractivity contribution in [2.75, 3.05) is 0 Å². The molecule has 0 amide bonds. The average Bonchev–Trinajstić information content (AvgIpc) is 2.22. The molecule has 1 aliphatic rings. The first-order valence-corrected chi connectivity index (χ1v) is 7.31. The van der Waals surface area contributed by atoms with Crippen LogP contribution < -0.4 is 0 Å². The van der Waals surface area contributed by atoms with Crippen LogP contribution in [0.1, 0.15) is 89.4 Å². The number of hydrogen-bond donors (Lipinski definition) is 0. The molecule has 1 aliphatic carbocycles. The summed E-state index contributed by atoms with van der Waals surface area (Å²) in [5, 5.41) is 0. The van der Waals surface area contributed by atoms with Gasteiger partial charge in [0.1, 0.15) is 0 Å². The minimum atomic E-state index is 0. The summed E-state index contributed by atoms with van der Waals surface area (Å²) in [5.74, 6) is 0.963. The maximum Gasteiger partial charge on any atom is 0 e. The van der Waals surface area contributed by atoms with Crippen molar-refractivity contribution in [3.8, 4) is 0 Å². The van der Waals surface area contributed by atoms with Gasteiger partial charge in [-0.2, -0.15) is 0 Å². The van der Waals surface area contributed by atoms with Gasteiger partial charge >= 0.3 is 0 Å². The van der Waals surface area contributed by atoms with Crippen molar-refractivity contribution in [2.24, 2.45) is 16.7 Å². The Hall–Kier alpha value is 0. The lowest BCUT2D eigenvalue weighted by atomic mass is 9.65. The van der Waals surface area contributed by atoms with E-state index < -0.39 is 0 Å². The summed E-state index contributed by atoms with van der Waals surface area (Å²) < 4.78 is 0. The fraction of sp³-hybridized carbons (Fsp3) is 1.00. The molecule has 1 rings (SSSR count). The van der Waals surface area contributed by atoms with E-state index in [0.717, 1.165) is 5.92 Å². The van der Waals surface area contributed by atoms with Crippen LogP contribution in [0.3, 0.4) is 0 Å². The Bertz CT molecular complexity index is 143. The Morgan fingerprint density at radius 3 is 1.44 bits per heavy atom. The summed E-state index contributed by atoms with van der Waals surface area (Å²) in [5.41, 5.74) is 1.16. The number of rotatable bonds is 0. The smallest absolute Gasteiger partial charge is 0 e. The van der Waals surface area contributed by atoms with Gasteiger partial charge in [0, 0.05) is 1.43 Å². The molecule has 0 aromatic rings. The van der Waals surface area contributed by atoms with Crippen LogP contribution in [0.5, 0.6) is 0 Å². The van der Waals surface area contributed by atoms with Gasteiger partial charge in [0.05, 0.1) is 0 Å². The largest absolute Gasteiger partial charge is 0.0683 e. The molecule has 102 valence electrons. The Labute approximate surface area is 107 Å². The lowest BCUT2D eigenvalue weighted by molar-refractivity contribution is 0.111. The van der Waals surface area contributed by atoms with E-state index in [1.54, 1.807) is 0 Å². The summed E-state index contributed by atoms with van der Waals surface area (Å²) in [6, 6.07) is 0. The highest BCUT2D eigenvalue weighted by Gasteiger charge is 2.32. The molecule has 0 saturated heterocycles. The van der Waals surface area contributed by atoms with Crippen molar-refractivity contribution in [3.63, 3.8) is 0 Å². The first-order chi connectivity index (χ1) is 7.31. The Kier molecular flexibility index (Phi) is 9.35. The normalized spacial score (nSPS) is 20.1. The standard InChI is InChI=1S/C12H24.2C2H6.H2/c1-11(2,3)10-6-8-12(4,5)9-7-10;2*1-2;/h10H,6-9H2,1-5H3;2*1-2H3;1H/i;;;1+2. The van der Waals surface area contributed by atoms with Crippen LogP contribution in [0.2, 0.25) is 0 Å². The quantitative estimate of drug-likeness (QED) is 0.444. The van der Waals surface area contributed by atoms with Crippen LogP contribution in [0.15, 0.2) is 0 Å². The molecule has 0 spiro atoms. The molecular weight excluding hydrogens is 192 g/mol. The van der Waals surface area contributed by atoms with E-state index >= 15 is 0 Å². The van der Waals surface area contributed by atoms with E-state index in [0.29, 0.717) is 10.8 Å². The molecule has 0 aliphatic heterocycles. The van der Waals surface area contributed by atoms with Crippen molar-refractivity contribution >= 4 is 0 Å². The monoisotopic (exact) mass is 232 g/mol. The first kappa shape index (κ1) is 18.4. The Morgan fingerprint density at radius 1 is 0.875 bits per heavy atom. The zero-order valence-corrected chi connectivity index (χ0v) is 13.4. The summed E-state index contributed by atoms with van der Waals surface area (Å²) in [4.78, 5) is 0. The predicted molar refractivity (Wildman–Crippen MR) is 80.0 cm³/mol. The molecule has 0 nitrogen and oxygen atoms in total. The second kappa shape index (κ2) is 8.14. The van der Waals surface area contributed by atoms with Crippen molar-refractivity contribution in [1.82, 2.24) is 0 Å². The molecular formula is C16H38. The SMILES string of the molecule is CC.CC.CC1(C)CCC(C(C)(C)C)CC1.[3HH]. The second-order valence-electron chi connectivity index (χ2n) is 6.30. The highest BCUT2D eigenvalue weighted by molar-refractivity contribution is 4.83. The third kappa shape index (κ3) is 7.30. The van der Waals surface area contributed by atoms with Crippen LogP contribution in [-0.2, 0) is 0 Å². The summed E-state index contributed by atoms with van der Waals surface area (Å²) in [6.07, 6.45) is 5.73. The fourth-order valence-corrected chi connectivity index (χ4v) is 2.27. The summed E-state index contributed by atoms with van der Waals surface area (Å²) in [6.45, 7) is 20.0. The lowest BCUT2D eigenvalue weighted by Crippen LogP contribution is -2.29. The molecule has 0 aromatic carbocycles. The maximum atomic E-state index is 2.41. The van der Waals surface area contributed by atoms with Crippen molar-refractivity contribution in [2.45, 2.75) is 88.0 Å². The third-order valence-electron chi connectivity index (χ3n) is 3.56. The summed E-state index contributed by atoms with van der Waals surface area (Å²) >= 11 is 0. The van der Waals surface area contributed by atoms with Crippen LogP contribution in [0.4, 0.5) is 0 Å². The van der Waals surface area contributed by atoms with Gasteiger partial charge in [-0.25, -0.2) is 0 Å². The molecule has 1 saturated carbocycles. The summed E-state index contributed by atoms with van der Waals surface area (Å²) in [7, 11) is 0. The minimum absolute atomic E-state index is 0. The molecule has 0 heteroatoms. The maximum absolute atomic E-state index is 2.41. The highest BCUT2D eigenvalue weighted by atomic mass is 14.4. The van der Waals surface area contributed by atoms with Crippen molar-refractivity contribution < 1.29 is 1.43 Å². The van der Waals surface area contributed by atoms with Gasteiger partial charge in [0.25, 0.3) is 0 Å². The fourth-order valence-electron chi connectivity index (χ4n) is 2.27. The molecule has 0 aromatic heterocycles. The van der Waals surface area contributed by atoms with Gasteiger partial charge in [-0.1, -0.05) is 62.3 Å². The van der Waals surface area contributed by atoms with E-state index in [-0.39, 0.29) is 1.43 Å². The Balaban J connectivity index is -0.000000355. The first-order valence-electron chi connectivity index (χ1n) is 7.31. The van der Waals surface area contributed by atoms with E-state index in [1.807, 2.05) is 27.7 Å². The predicted octanol–water partition coefficient (Wildman–Crippen LogP) is 6.55. The minimum Gasteiger partial charge on any atom is -0.0683 e. The molecule has 0 unspecified atom stereocenters. The lowest BCUT2D eigenvalue weighted by Gasteiger charge is -2.40. The zero-order valence-electron chi connectivity index (χ0n) is 13.4. The van der Waals surface area contributed by atoms with Gasteiger partial charge in [0.2, 0.25) is 0 Å². The van der Waals surface area contributed by atoms with Gasteiger partial charge < -0.3 is 0 Å². The van der Waals surface area contributed by atoms with E-state index in [9.17, 15) is 0 Å². The van der Waals surface area contributed by atoms with E-state index in [2.05, 4.69) is 34.6 Å². The zero-order chi connectivity index (χ0) is 13.4. The molecule has 16 heavy (non-hydrogen) atoms. The van der Waals surface area contributed by atoms with Crippen LogP contribution >= 0.6 is 0 Å². The van der Waals surface area contributed by atoms with Gasteiger partial charge in [-0.15, -0.1) is 0 Å². The number of hydrogen-bond acceptors (Lipinski definition) is 0. The molecule has 0 heterocycles. The molecule has 0 bridgehead atoms.